The predicted molar refractivity (Wildman–Crippen MR) is 72.6 cm³/mol. The zero-order chi connectivity index (χ0) is 14.0. The molecule has 2 nitrogen and oxygen atoms in total. The Kier molecular flexibility index (Phi) is 3.86. The molecule has 0 bridgehead atoms. The molecule has 0 aliphatic carbocycles. The Morgan fingerprint density at radius 1 is 1.16 bits per heavy atom. The van der Waals surface area contributed by atoms with Crippen molar-refractivity contribution in [2.75, 3.05) is 7.11 Å². The molecule has 0 N–H and O–H groups in total. The molecule has 0 saturated carbocycles. The van der Waals surface area contributed by atoms with Crippen LogP contribution in [-0.4, -0.2) is 12.9 Å². The maximum Gasteiger partial charge on any atom is 0.194 e. The second-order valence-corrected chi connectivity index (χ2v) is 4.54. The number of carbonyl (C=O) groups excluding carboxylic acids is 1. The number of halogens is 2. The lowest BCUT2D eigenvalue weighted by Crippen LogP contribution is -2.05. The molecule has 0 unspecified atom stereocenters. The fourth-order valence-corrected chi connectivity index (χ4v) is 2.09. The van der Waals surface area contributed by atoms with Crippen molar-refractivity contribution in [1.29, 1.82) is 0 Å². The minimum Gasteiger partial charge on any atom is -0.497 e. The number of rotatable bonds is 3. The highest BCUT2D eigenvalue weighted by Crippen LogP contribution is 2.25. The Morgan fingerprint density at radius 2 is 1.84 bits per heavy atom. The maximum atomic E-state index is 13.0. The van der Waals surface area contributed by atoms with E-state index in [4.69, 9.17) is 16.3 Å². The molecule has 0 heterocycles. The average Bonchev–Trinajstić information content (AvgIpc) is 2.37. The number of ketones is 1. The molecule has 0 fully saturated rings. The van der Waals surface area contributed by atoms with Gasteiger partial charge in [0, 0.05) is 11.1 Å². The topological polar surface area (TPSA) is 26.3 Å². The smallest absolute Gasteiger partial charge is 0.194 e. The lowest BCUT2D eigenvalue weighted by atomic mass is 9.99. The van der Waals surface area contributed by atoms with Gasteiger partial charge in [0.15, 0.2) is 5.78 Å². The highest BCUT2D eigenvalue weighted by atomic mass is 35.5. The molecule has 0 saturated heterocycles. The summed E-state index contributed by atoms with van der Waals surface area (Å²) in [6, 6.07) is 8.90. The van der Waals surface area contributed by atoms with Gasteiger partial charge in [0.2, 0.25) is 0 Å². The van der Waals surface area contributed by atoms with Gasteiger partial charge in [-0.1, -0.05) is 11.6 Å². The zero-order valence-corrected chi connectivity index (χ0v) is 11.3. The summed E-state index contributed by atoms with van der Waals surface area (Å²) in [6.07, 6.45) is 0. The van der Waals surface area contributed by atoms with Crippen LogP contribution in [0.5, 0.6) is 5.75 Å². The summed E-state index contributed by atoms with van der Waals surface area (Å²) in [5, 5.41) is 0.313. The normalized spacial score (nSPS) is 10.3. The summed E-state index contributed by atoms with van der Waals surface area (Å²) >= 11 is 6.06. The molecule has 2 aromatic carbocycles. The van der Waals surface area contributed by atoms with Crippen LogP contribution >= 0.6 is 11.6 Å². The van der Waals surface area contributed by atoms with E-state index in [1.165, 1.54) is 25.3 Å². The quantitative estimate of drug-likeness (QED) is 0.793. The van der Waals surface area contributed by atoms with Crippen LogP contribution in [0.25, 0.3) is 0 Å². The summed E-state index contributed by atoms with van der Waals surface area (Å²) < 4.78 is 18.1. The maximum absolute atomic E-state index is 13.0. The molecule has 98 valence electrons. The number of hydrogen-bond acceptors (Lipinski definition) is 2. The van der Waals surface area contributed by atoms with Crippen molar-refractivity contribution in [2.45, 2.75) is 6.92 Å². The van der Waals surface area contributed by atoms with E-state index in [-0.39, 0.29) is 11.6 Å². The minimum absolute atomic E-state index is 0.231. The third-order valence-electron chi connectivity index (χ3n) is 2.85. The molecule has 19 heavy (non-hydrogen) atoms. The van der Waals surface area contributed by atoms with Crippen molar-refractivity contribution < 1.29 is 13.9 Å². The highest BCUT2D eigenvalue weighted by Gasteiger charge is 2.15. The highest BCUT2D eigenvalue weighted by molar-refractivity contribution is 6.35. The van der Waals surface area contributed by atoms with E-state index < -0.39 is 0 Å². The van der Waals surface area contributed by atoms with Crippen molar-refractivity contribution in [3.63, 3.8) is 0 Å². The van der Waals surface area contributed by atoms with Gasteiger partial charge in [-0.3, -0.25) is 4.79 Å². The number of aryl methyl sites for hydroxylation is 1. The van der Waals surface area contributed by atoms with E-state index >= 15 is 0 Å². The molecule has 4 heteroatoms. The molecule has 0 spiro atoms. The number of methoxy groups -OCH3 is 1. The van der Waals surface area contributed by atoms with Gasteiger partial charge in [0.1, 0.15) is 11.6 Å². The molecular weight excluding hydrogens is 267 g/mol. The summed E-state index contributed by atoms with van der Waals surface area (Å²) in [4.78, 5) is 12.4. The zero-order valence-electron chi connectivity index (χ0n) is 10.5. The summed E-state index contributed by atoms with van der Waals surface area (Å²) in [5.41, 5.74) is 1.39. The first-order valence-corrected chi connectivity index (χ1v) is 6.05. The lowest BCUT2D eigenvalue weighted by molar-refractivity contribution is 0.103. The van der Waals surface area contributed by atoms with E-state index in [1.807, 2.05) is 0 Å². The monoisotopic (exact) mass is 278 g/mol. The van der Waals surface area contributed by atoms with Crippen LogP contribution in [0.4, 0.5) is 4.39 Å². The fraction of sp³-hybridized carbons (Fsp3) is 0.133. The Bertz CT molecular complexity index is 638. The van der Waals surface area contributed by atoms with Crippen LogP contribution in [0.1, 0.15) is 21.5 Å². The third-order valence-corrected chi connectivity index (χ3v) is 3.17. The average molecular weight is 279 g/mol. The molecular formula is C15H12ClFO2. The van der Waals surface area contributed by atoms with Crippen molar-refractivity contribution in [2.24, 2.45) is 0 Å². The van der Waals surface area contributed by atoms with E-state index in [1.54, 1.807) is 25.1 Å². The van der Waals surface area contributed by atoms with Crippen LogP contribution in [-0.2, 0) is 0 Å². The second-order valence-electron chi connectivity index (χ2n) is 4.13. The van der Waals surface area contributed by atoms with Crippen LogP contribution in [0.15, 0.2) is 36.4 Å². The van der Waals surface area contributed by atoms with Gasteiger partial charge in [-0.25, -0.2) is 4.39 Å². The van der Waals surface area contributed by atoms with Gasteiger partial charge in [-0.2, -0.15) is 0 Å². The Labute approximate surface area is 115 Å². The summed E-state index contributed by atoms with van der Waals surface area (Å²) in [7, 11) is 1.53. The molecule has 2 aromatic rings. The van der Waals surface area contributed by atoms with E-state index in [2.05, 4.69) is 0 Å². The lowest BCUT2D eigenvalue weighted by Gasteiger charge is -2.08. The van der Waals surface area contributed by atoms with E-state index in [0.717, 1.165) is 0 Å². The van der Waals surface area contributed by atoms with Crippen LogP contribution in [0.2, 0.25) is 5.02 Å². The SMILES string of the molecule is COc1ccc(C(=O)c2ccc(F)cc2C)c(Cl)c1. The predicted octanol–water partition coefficient (Wildman–Crippen LogP) is 4.03. The van der Waals surface area contributed by atoms with Gasteiger partial charge in [-0.15, -0.1) is 0 Å². The van der Waals surface area contributed by atoms with Gasteiger partial charge in [0.05, 0.1) is 12.1 Å². The first-order valence-electron chi connectivity index (χ1n) is 5.67. The largest absolute Gasteiger partial charge is 0.497 e. The molecule has 0 atom stereocenters. The van der Waals surface area contributed by atoms with Gasteiger partial charge in [-0.05, 0) is 48.9 Å². The number of hydrogen-bond donors (Lipinski definition) is 0. The second kappa shape index (κ2) is 5.41. The molecule has 0 amide bonds. The van der Waals surface area contributed by atoms with E-state index in [9.17, 15) is 9.18 Å². The van der Waals surface area contributed by atoms with Crippen LogP contribution in [0, 0.1) is 12.7 Å². The molecule has 0 aromatic heterocycles. The number of carbonyl (C=O) groups is 1. The minimum atomic E-state index is -0.366. The standard InChI is InChI=1S/C15H12ClFO2/c1-9-7-10(17)3-5-12(9)15(18)13-6-4-11(19-2)8-14(13)16/h3-8H,1-2H3. The molecule has 0 aliphatic heterocycles. The van der Waals surface area contributed by atoms with E-state index in [0.29, 0.717) is 27.5 Å². The number of benzene rings is 2. The third kappa shape index (κ3) is 2.76. The van der Waals surface area contributed by atoms with Gasteiger partial charge < -0.3 is 4.74 Å². The van der Waals surface area contributed by atoms with Crippen molar-refractivity contribution in [1.82, 2.24) is 0 Å². The Hall–Kier alpha value is -1.87. The fourth-order valence-electron chi connectivity index (χ4n) is 1.83. The first kappa shape index (κ1) is 13.6. The Balaban J connectivity index is 2.44. The van der Waals surface area contributed by atoms with Crippen molar-refractivity contribution in [3.8, 4) is 5.75 Å². The molecule has 2 rings (SSSR count). The molecule has 0 aliphatic rings. The summed E-state index contributed by atoms with van der Waals surface area (Å²) in [6.45, 7) is 1.69. The number of ether oxygens (including phenoxy) is 1. The Morgan fingerprint density at radius 3 is 2.42 bits per heavy atom. The molecule has 0 radical (unpaired) electrons. The van der Waals surface area contributed by atoms with Crippen LogP contribution in [0.3, 0.4) is 0 Å². The van der Waals surface area contributed by atoms with Crippen LogP contribution < -0.4 is 4.74 Å². The first-order chi connectivity index (χ1) is 9.02. The van der Waals surface area contributed by atoms with Crippen molar-refractivity contribution >= 4 is 17.4 Å². The van der Waals surface area contributed by atoms with Crippen molar-refractivity contribution in [3.05, 3.63) is 63.9 Å². The van der Waals surface area contributed by atoms with Gasteiger partial charge in [0.25, 0.3) is 0 Å². The summed E-state index contributed by atoms with van der Waals surface area (Å²) in [5.74, 6) is -0.0163. The van der Waals surface area contributed by atoms with Gasteiger partial charge >= 0.3 is 0 Å².